The maximum atomic E-state index is 11.6. The first-order valence-electron chi connectivity index (χ1n) is 6.58. The molecule has 0 amide bonds. The van der Waals surface area contributed by atoms with Crippen molar-refractivity contribution >= 4 is 11.0 Å². The highest BCUT2D eigenvalue weighted by Crippen LogP contribution is 2.18. The molecule has 3 rings (SSSR count). The summed E-state index contributed by atoms with van der Waals surface area (Å²) in [6.07, 6.45) is 6.39. The molecule has 0 aliphatic heterocycles. The van der Waals surface area contributed by atoms with Crippen molar-refractivity contribution in [1.82, 2.24) is 4.57 Å². The fourth-order valence-corrected chi connectivity index (χ4v) is 2.11. The fraction of sp³-hybridized carbons (Fsp3) is 0.188. The van der Waals surface area contributed by atoms with E-state index in [9.17, 15) is 4.79 Å². The number of hydrogen-bond acceptors (Lipinski definition) is 3. The van der Waals surface area contributed by atoms with Gasteiger partial charge in [0.25, 0.3) is 0 Å². The Hall–Kier alpha value is -2.49. The van der Waals surface area contributed by atoms with E-state index in [0.29, 0.717) is 17.6 Å². The van der Waals surface area contributed by atoms with Crippen LogP contribution in [0.5, 0.6) is 5.75 Å². The number of benzene rings is 1. The highest BCUT2D eigenvalue weighted by atomic mass is 16.5. The van der Waals surface area contributed by atoms with Crippen LogP contribution < -0.4 is 10.2 Å². The normalized spacial score (nSPS) is 10.8. The van der Waals surface area contributed by atoms with Crippen molar-refractivity contribution in [3.05, 3.63) is 65.3 Å². The van der Waals surface area contributed by atoms with Gasteiger partial charge in [0.15, 0.2) is 5.43 Å². The largest absolute Gasteiger partial charge is 0.493 e. The number of aromatic nitrogens is 1. The molecular weight excluding hydrogens is 254 g/mol. The summed E-state index contributed by atoms with van der Waals surface area (Å²) >= 11 is 0. The molecule has 0 N–H and O–H groups in total. The SMILES string of the molecule is O=c1ccoc2cc(OCCCn3cccc3)ccc12. The van der Waals surface area contributed by atoms with Crippen molar-refractivity contribution in [2.24, 2.45) is 0 Å². The third-order valence-corrected chi connectivity index (χ3v) is 3.13. The van der Waals surface area contributed by atoms with Gasteiger partial charge >= 0.3 is 0 Å². The number of aryl methyl sites for hydroxylation is 1. The molecule has 20 heavy (non-hydrogen) atoms. The van der Waals surface area contributed by atoms with Gasteiger partial charge in [0.2, 0.25) is 0 Å². The molecule has 1 aromatic carbocycles. The molecule has 102 valence electrons. The summed E-state index contributed by atoms with van der Waals surface area (Å²) in [5.74, 6) is 0.722. The minimum atomic E-state index is -0.0367. The zero-order chi connectivity index (χ0) is 13.8. The maximum Gasteiger partial charge on any atom is 0.192 e. The fourth-order valence-electron chi connectivity index (χ4n) is 2.11. The third kappa shape index (κ3) is 2.74. The minimum Gasteiger partial charge on any atom is -0.493 e. The summed E-state index contributed by atoms with van der Waals surface area (Å²) < 4.78 is 13.1. The predicted octanol–water partition coefficient (Wildman–Crippen LogP) is 3.06. The molecule has 0 spiro atoms. The first-order chi connectivity index (χ1) is 9.83. The van der Waals surface area contributed by atoms with Crippen LogP contribution in [0.25, 0.3) is 11.0 Å². The van der Waals surface area contributed by atoms with E-state index in [-0.39, 0.29) is 5.43 Å². The molecule has 2 aromatic heterocycles. The lowest BCUT2D eigenvalue weighted by Crippen LogP contribution is -2.03. The molecule has 3 aromatic rings. The van der Waals surface area contributed by atoms with Crippen molar-refractivity contribution in [3.63, 3.8) is 0 Å². The Bertz CT molecular complexity index is 744. The monoisotopic (exact) mass is 269 g/mol. The Morgan fingerprint density at radius 1 is 1.15 bits per heavy atom. The van der Waals surface area contributed by atoms with Crippen LogP contribution >= 0.6 is 0 Å². The lowest BCUT2D eigenvalue weighted by molar-refractivity contribution is 0.302. The van der Waals surface area contributed by atoms with E-state index >= 15 is 0 Å². The zero-order valence-electron chi connectivity index (χ0n) is 11.0. The molecule has 0 fully saturated rings. The van der Waals surface area contributed by atoms with Crippen molar-refractivity contribution in [2.75, 3.05) is 6.61 Å². The van der Waals surface area contributed by atoms with Crippen LogP contribution in [-0.4, -0.2) is 11.2 Å². The summed E-state index contributed by atoms with van der Waals surface area (Å²) in [5, 5.41) is 0.576. The molecule has 4 heteroatoms. The highest BCUT2D eigenvalue weighted by Gasteiger charge is 2.02. The molecule has 0 saturated heterocycles. The zero-order valence-corrected chi connectivity index (χ0v) is 11.0. The van der Waals surface area contributed by atoms with Gasteiger partial charge in [-0.2, -0.15) is 0 Å². The van der Waals surface area contributed by atoms with Gasteiger partial charge in [-0.3, -0.25) is 4.79 Å². The molecule has 0 aliphatic carbocycles. The van der Waals surface area contributed by atoms with E-state index in [1.54, 1.807) is 18.2 Å². The Balaban J connectivity index is 1.62. The van der Waals surface area contributed by atoms with E-state index in [4.69, 9.17) is 9.15 Å². The van der Waals surface area contributed by atoms with Gasteiger partial charge in [0, 0.05) is 31.1 Å². The molecule has 0 radical (unpaired) electrons. The number of fused-ring (bicyclic) bond motifs is 1. The van der Waals surface area contributed by atoms with Crippen LogP contribution in [0.1, 0.15) is 6.42 Å². The number of ether oxygens (including phenoxy) is 1. The van der Waals surface area contributed by atoms with E-state index in [1.807, 2.05) is 24.5 Å². The van der Waals surface area contributed by atoms with Crippen LogP contribution in [0.2, 0.25) is 0 Å². The van der Waals surface area contributed by atoms with Crippen molar-refractivity contribution < 1.29 is 9.15 Å². The number of nitrogens with zero attached hydrogens (tertiary/aromatic N) is 1. The molecule has 0 atom stereocenters. The Morgan fingerprint density at radius 3 is 2.85 bits per heavy atom. The van der Waals surface area contributed by atoms with Gasteiger partial charge < -0.3 is 13.7 Å². The topological polar surface area (TPSA) is 44.4 Å². The molecule has 0 aliphatic rings. The van der Waals surface area contributed by atoms with E-state index < -0.39 is 0 Å². The van der Waals surface area contributed by atoms with Crippen LogP contribution in [0, 0.1) is 0 Å². The molecule has 0 saturated carbocycles. The average Bonchev–Trinajstić information content (AvgIpc) is 2.97. The number of rotatable bonds is 5. The van der Waals surface area contributed by atoms with Crippen LogP contribution in [0.15, 0.2) is 64.3 Å². The molecule has 0 bridgehead atoms. The van der Waals surface area contributed by atoms with Gasteiger partial charge in [-0.1, -0.05) is 0 Å². The van der Waals surface area contributed by atoms with Gasteiger partial charge in [0.05, 0.1) is 18.3 Å². The quantitative estimate of drug-likeness (QED) is 0.669. The first-order valence-corrected chi connectivity index (χ1v) is 6.58. The maximum absolute atomic E-state index is 11.6. The predicted molar refractivity (Wildman–Crippen MR) is 77.0 cm³/mol. The standard InChI is InChI=1S/C16H15NO3/c18-15-6-11-20-16-12-13(4-5-14(15)16)19-10-3-9-17-7-1-2-8-17/h1-2,4-8,11-12H,3,9-10H2. The summed E-state index contributed by atoms with van der Waals surface area (Å²) in [4.78, 5) is 11.6. The summed E-state index contributed by atoms with van der Waals surface area (Å²) in [7, 11) is 0. The van der Waals surface area contributed by atoms with Crippen LogP contribution in [0.3, 0.4) is 0 Å². The lowest BCUT2D eigenvalue weighted by atomic mass is 10.2. The van der Waals surface area contributed by atoms with E-state index in [2.05, 4.69) is 4.57 Å². The lowest BCUT2D eigenvalue weighted by Gasteiger charge is -2.07. The average molecular weight is 269 g/mol. The third-order valence-electron chi connectivity index (χ3n) is 3.13. The summed E-state index contributed by atoms with van der Waals surface area (Å²) in [6, 6.07) is 10.7. The van der Waals surface area contributed by atoms with E-state index in [1.165, 1.54) is 12.3 Å². The van der Waals surface area contributed by atoms with Crippen molar-refractivity contribution in [1.29, 1.82) is 0 Å². The van der Waals surface area contributed by atoms with Crippen LogP contribution in [0.4, 0.5) is 0 Å². The molecular formula is C16H15NO3. The summed E-state index contributed by atoms with van der Waals surface area (Å²) in [5.41, 5.74) is 0.519. The second-order valence-corrected chi connectivity index (χ2v) is 4.57. The highest BCUT2D eigenvalue weighted by molar-refractivity contribution is 5.77. The second kappa shape index (κ2) is 5.65. The number of hydrogen-bond donors (Lipinski definition) is 0. The van der Waals surface area contributed by atoms with Crippen molar-refractivity contribution in [3.8, 4) is 5.75 Å². The molecule has 2 heterocycles. The Kier molecular flexibility index (Phi) is 3.54. The van der Waals surface area contributed by atoms with Gasteiger partial charge in [-0.05, 0) is 30.7 Å². The van der Waals surface area contributed by atoms with Gasteiger partial charge in [-0.25, -0.2) is 0 Å². The summed E-state index contributed by atoms with van der Waals surface area (Å²) in [6.45, 7) is 1.55. The second-order valence-electron chi connectivity index (χ2n) is 4.57. The van der Waals surface area contributed by atoms with Gasteiger partial charge in [0.1, 0.15) is 11.3 Å². The minimum absolute atomic E-state index is 0.0367. The van der Waals surface area contributed by atoms with Crippen LogP contribution in [-0.2, 0) is 6.54 Å². The molecule has 0 unspecified atom stereocenters. The first kappa shape index (κ1) is 12.5. The Labute approximate surface area is 116 Å². The smallest absolute Gasteiger partial charge is 0.192 e. The molecule has 4 nitrogen and oxygen atoms in total. The van der Waals surface area contributed by atoms with Crippen molar-refractivity contribution in [2.45, 2.75) is 13.0 Å². The van der Waals surface area contributed by atoms with E-state index in [0.717, 1.165) is 18.7 Å². The van der Waals surface area contributed by atoms with Gasteiger partial charge in [-0.15, -0.1) is 0 Å². The Morgan fingerprint density at radius 2 is 2.00 bits per heavy atom.